The summed E-state index contributed by atoms with van der Waals surface area (Å²) in [7, 11) is 0. The summed E-state index contributed by atoms with van der Waals surface area (Å²) in [5.41, 5.74) is 3.50. The molecule has 0 N–H and O–H groups in total. The molecular formula is C14H17N3. The molecule has 2 aromatic rings. The molecule has 0 saturated heterocycles. The molecule has 0 unspecified atom stereocenters. The minimum absolute atomic E-state index is 0.130. The van der Waals surface area contributed by atoms with E-state index in [1.165, 1.54) is 10.9 Å². The van der Waals surface area contributed by atoms with Crippen LogP contribution in [0.3, 0.4) is 0 Å². The smallest absolute Gasteiger partial charge is 0.0700 e. The molecule has 0 radical (unpaired) electrons. The van der Waals surface area contributed by atoms with Crippen LogP contribution in [-0.4, -0.2) is 9.78 Å². The molecule has 0 fully saturated rings. The van der Waals surface area contributed by atoms with Gasteiger partial charge in [-0.1, -0.05) is 18.6 Å². The minimum Gasteiger partial charge on any atom is -0.261 e. The first-order valence-corrected chi connectivity index (χ1v) is 6.02. The molecule has 0 amide bonds. The minimum atomic E-state index is 0.130. The van der Waals surface area contributed by atoms with Crippen LogP contribution >= 0.6 is 0 Å². The molecule has 3 nitrogen and oxygen atoms in total. The van der Waals surface area contributed by atoms with Crippen molar-refractivity contribution in [3.63, 3.8) is 0 Å². The molecule has 0 spiro atoms. The fourth-order valence-electron chi connectivity index (χ4n) is 2.13. The van der Waals surface area contributed by atoms with E-state index in [-0.39, 0.29) is 6.04 Å². The van der Waals surface area contributed by atoms with Crippen LogP contribution in [0.4, 0.5) is 0 Å². The predicted molar refractivity (Wildman–Crippen MR) is 68.8 cm³/mol. The number of fused-ring (bicyclic) bond motifs is 1. The predicted octanol–water partition coefficient (Wildman–Crippen LogP) is 3.38. The van der Waals surface area contributed by atoms with Gasteiger partial charge in [0.25, 0.3) is 0 Å². The highest BCUT2D eigenvalue weighted by Gasteiger charge is 2.13. The van der Waals surface area contributed by atoms with Gasteiger partial charge in [0.1, 0.15) is 0 Å². The van der Waals surface area contributed by atoms with Crippen molar-refractivity contribution in [3.05, 3.63) is 29.5 Å². The number of nitrogens with zero attached hydrogens (tertiary/aromatic N) is 3. The fourth-order valence-corrected chi connectivity index (χ4v) is 2.13. The molecule has 0 aliphatic rings. The molecule has 1 heterocycles. The first kappa shape index (κ1) is 11.7. The molecule has 1 atom stereocenters. The molecule has 0 saturated carbocycles. The number of aryl methyl sites for hydroxylation is 2. The maximum atomic E-state index is 8.79. The van der Waals surface area contributed by atoms with Gasteiger partial charge in [-0.15, -0.1) is 0 Å². The largest absolute Gasteiger partial charge is 0.261 e. The van der Waals surface area contributed by atoms with Gasteiger partial charge in [0.05, 0.1) is 29.7 Å². The van der Waals surface area contributed by atoms with Gasteiger partial charge in [0, 0.05) is 5.39 Å². The summed E-state index contributed by atoms with van der Waals surface area (Å²) in [6.45, 7) is 6.24. The van der Waals surface area contributed by atoms with Crippen molar-refractivity contribution in [3.8, 4) is 6.07 Å². The first-order valence-electron chi connectivity index (χ1n) is 6.02. The maximum absolute atomic E-state index is 8.79. The SMILES string of the molecule is CCc1nn([C@@H](C)CC#N)c2ccc(C)cc12. The quantitative estimate of drug-likeness (QED) is 0.806. The zero-order chi connectivity index (χ0) is 12.4. The Morgan fingerprint density at radius 3 is 2.88 bits per heavy atom. The Kier molecular flexibility index (Phi) is 3.14. The van der Waals surface area contributed by atoms with Crippen LogP contribution in [0, 0.1) is 18.3 Å². The summed E-state index contributed by atoms with van der Waals surface area (Å²) in [6.07, 6.45) is 1.42. The van der Waals surface area contributed by atoms with E-state index in [4.69, 9.17) is 5.26 Å². The number of nitriles is 1. The second-order valence-electron chi connectivity index (χ2n) is 4.48. The first-order chi connectivity index (χ1) is 8.17. The van der Waals surface area contributed by atoms with Crippen molar-refractivity contribution in [2.45, 2.75) is 39.7 Å². The molecular weight excluding hydrogens is 210 g/mol. The van der Waals surface area contributed by atoms with Crippen molar-refractivity contribution in [1.29, 1.82) is 5.26 Å². The number of aromatic nitrogens is 2. The van der Waals surface area contributed by atoms with Gasteiger partial charge in [-0.25, -0.2) is 0 Å². The molecule has 2 rings (SSSR count). The molecule has 0 aliphatic heterocycles. The second kappa shape index (κ2) is 4.58. The monoisotopic (exact) mass is 227 g/mol. The van der Waals surface area contributed by atoms with Gasteiger partial charge >= 0.3 is 0 Å². The summed E-state index contributed by atoms with van der Waals surface area (Å²) >= 11 is 0. The average Bonchev–Trinajstić information content (AvgIpc) is 2.67. The Balaban J connectivity index is 2.61. The van der Waals surface area contributed by atoms with Crippen molar-refractivity contribution in [2.24, 2.45) is 0 Å². The van der Waals surface area contributed by atoms with Gasteiger partial charge < -0.3 is 0 Å². The lowest BCUT2D eigenvalue weighted by Crippen LogP contribution is -2.06. The summed E-state index contributed by atoms with van der Waals surface area (Å²) < 4.78 is 1.98. The Labute approximate surface area is 102 Å². The molecule has 88 valence electrons. The number of benzene rings is 1. The topological polar surface area (TPSA) is 41.6 Å². The molecule has 0 aliphatic carbocycles. The molecule has 1 aromatic carbocycles. The van der Waals surface area contributed by atoms with E-state index in [1.807, 2.05) is 11.6 Å². The van der Waals surface area contributed by atoms with Gasteiger partial charge in [-0.05, 0) is 32.4 Å². The maximum Gasteiger partial charge on any atom is 0.0700 e. The van der Waals surface area contributed by atoms with Crippen LogP contribution < -0.4 is 0 Å². The molecule has 0 bridgehead atoms. The van der Waals surface area contributed by atoms with E-state index in [9.17, 15) is 0 Å². The Bertz CT molecular complexity index is 575. The zero-order valence-electron chi connectivity index (χ0n) is 10.6. The van der Waals surface area contributed by atoms with Crippen molar-refractivity contribution >= 4 is 10.9 Å². The van der Waals surface area contributed by atoms with E-state index in [1.54, 1.807) is 0 Å². The lowest BCUT2D eigenvalue weighted by atomic mass is 10.1. The third-order valence-corrected chi connectivity index (χ3v) is 3.08. The van der Waals surface area contributed by atoms with Crippen molar-refractivity contribution < 1.29 is 0 Å². The third kappa shape index (κ3) is 2.03. The Morgan fingerprint density at radius 1 is 1.47 bits per heavy atom. The summed E-state index contributed by atoms with van der Waals surface area (Å²) in [4.78, 5) is 0. The molecule has 17 heavy (non-hydrogen) atoms. The van der Waals surface area contributed by atoms with E-state index in [2.05, 4.69) is 43.2 Å². The van der Waals surface area contributed by atoms with Crippen LogP contribution in [0.5, 0.6) is 0 Å². The number of hydrogen-bond acceptors (Lipinski definition) is 2. The third-order valence-electron chi connectivity index (χ3n) is 3.08. The van der Waals surface area contributed by atoms with Gasteiger partial charge in [0.2, 0.25) is 0 Å². The highest BCUT2D eigenvalue weighted by atomic mass is 15.3. The van der Waals surface area contributed by atoms with E-state index in [0.717, 1.165) is 17.6 Å². The van der Waals surface area contributed by atoms with E-state index >= 15 is 0 Å². The van der Waals surface area contributed by atoms with Crippen LogP contribution in [0.15, 0.2) is 18.2 Å². The number of hydrogen-bond donors (Lipinski definition) is 0. The summed E-state index contributed by atoms with van der Waals surface area (Å²) in [5, 5.41) is 14.6. The lowest BCUT2D eigenvalue weighted by molar-refractivity contribution is 0.512. The van der Waals surface area contributed by atoms with Crippen molar-refractivity contribution in [2.75, 3.05) is 0 Å². The van der Waals surface area contributed by atoms with Crippen LogP contribution in [0.1, 0.15) is 37.6 Å². The molecule has 3 heteroatoms. The van der Waals surface area contributed by atoms with Crippen LogP contribution in [0.2, 0.25) is 0 Å². The summed E-state index contributed by atoms with van der Waals surface area (Å²) in [5.74, 6) is 0. The highest BCUT2D eigenvalue weighted by molar-refractivity contribution is 5.82. The normalized spacial score (nSPS) is 12.6. The van der Waals surface area contributed by atoms with E-state index in [0.29, 0.717) is 6.42 Å². The Morgan fingerprint density at radius 2 is 2.24 bits per heavy atom. The summed E-state index contributed by atoms with van der Waals surface area (Å²) in [6, 6.07) is 8.71. The van der Waals surface area contributed by atoms with Crippen LogP contribution in [-0.2, 0) is 6.42 Å². The Hall–Kier alpha value is -1.82. The van der Waals surface area contributed by atoms with Crippen LogP contribution in [0.25, 0.3) is 10.9 Å². The standard InChI is InChI=1S/C14H17N3/c1-4-13-12-9-10(2)5-6-14(12)17(16-13)11(3)7-8-15/h5-6,9,11H,4,7H2,1-3H3/t11-/m0/s1. The zero-order valence-corrected chi connectivity index (χ0v) is 10.6. The second-order valence-corrected chi connectivity index (χ2v) is 4.48. The molecule has 1 aromatic heterocycles. The van der Waals surface area contributed by atoms with Gasteiger partial charge in [0.15, 0.2) is 0 Å². The average molecular weight is 227 g/mol. The fraction of sp³-hybridized carbons (Fsp3) is 0.429. The van der Waals surface area contributed by atoms with Gasteiger partial charge in [-0.3, -0.25) is 4.68 Å². The highest BCUT2D eigenvalue weighted by Crippen LogP contribution is 2.24. The number of rotatable bonds is 3. The van der Waals surface area contributed by atoms with Gasteiger partial charge in [-0.2, -0.15) is 10.4 Å². The van der Waals surface area contributed by atoms with E-state index < -0.39 is 0 Å². The van der Waals surface area contributed by atoms with Crippen molar-refractivity contribution in [1.82, 2.24) is 9.78 Å². The lowest BCUT2D eigenvalue weighted by Gasteiger charge is -2.09.